The third kappa shape index (κ3) is 11.5. The highest BCUT2D eigenvalue weighted by molar-refractivity contribution is 7.98. The molecule has 0 heterocycles. The summed E-state index contributed by atoms with van der Waals surface area (Å²) in [6.45, 7) is 1.21. The minimum Gasteiger partial charge on any atom is -0.481 e. The fourth-order valence-corrected chi connectivity index (χ4v) is 3.43. The second-order valence-electron chi connectivity index (χ2n) is 6.95. The highest BCUT2D eigenvalue weighted by Gasteiger charge is 2.31. The molecule has 0 bridgehead atoms. The number of hydrogen-bond acceptors (Lipinski definition) is 9. The largest absolute Gasteiger partial charge is 0.481 e. The second kappa shape index (κ2) is 15.7. The Balaban J connectivity index is 5.41. The van der Waals surface area contributed by atoms with E-state index in [0.29, 0.717) is 11.5 Å². The van der Waals surface area contributed by atoms with Crippen LogP contribution in [0.2, 0.25) is 0 Å². The van der Waals surface area contributed by atoms with Gasteiger partial charge < -0.3 is 37.0 Å². The van der Waals surface area contributed by atoms with Crippen molar-refractivity contribution in [3.05, 3.63) is 0 Å². The zero-order valence-electron chi connectivity index (χ0n) is 18.2. The molecule has 0 aromatic rings. The third-order valence-electron chi connectivity index (χ3n) is 4.26. The van der Waals surface area contributed by atoms with Gasteiger partial charge in [0.15, 0.2) is 6.04 Å². The number of amides is 3. The normalized spacial score (nSPS) is 15.5. The fourth-order valence-electron chi connectivity index (χ4n) is 2.48. The third-order valence-corrected chi connectivity index (χ3v) is 5.55. The number of hydrogen-bond donors (Lipinski definition) is 7. The number of nitrogens with one attached hydrogen (secondary N) is 3. The van der Waals surface area contributed by atoms with Crippen molar-refractivity contribution in [2.75, 3.05) is 24.0 Å². The van der Waals surface area contributed by atoms with E-state index in [1.807, 2.05) is 0 Å². The minimum absolute atomic E-state index is 0.173. The Morgan fingerprint density at radius 2 is 1.28 bits per heavy atom. The Labute approximate surface area is 194 Å². The van der Waals surface area contributed by atoms with Gasteiger partial charge in [-0.25, -0.2) is 4.79 Å². The summed E-state index contributed by atoms with van der Waals surface area (Å²) in [5, 5.41) is 34.6. The molecule has 3 amide bonds. The van der Waals surface area contributed by atoms with Crippen molar-refractivity contribution in [3.63, 3.8) is 0 Å². The number of thioether (sulfide) groups is 2. The molecule has 0 radical (unpaired) electrons. The number of carbonyl (C=O) groups is 5. The van der Waals surface area contributed by atoms with Crippen LogP contribution in [0.15, 0.2) is 0 Å². The first kappa shape index (κ1) is 30.0. The first-order chi connectivity index (χ1) is 14.9. The van der Waals surface area contributed by atoms with E-state index in [1.165, 1.54) is 30.4 Å². The number of carboxylic acid groups (broad SMARTS) is 2. The summed E-state index contributed by atoms with van der Waals surface area (Å²) in [5.41, 5.74) is 5.55. The van der Waals surface area contributed by atoms with Crippen LogP contribution in [0.4, 0.5) is 0 Å². The number of carboxylic acids is 2. The van der Waals surface area contributed by atoms with Gasteiger partial charge in [-0.3, -0.25) is 19.2 Å². The minimum atomic E-state index is -1.56. The topological polar surface area (TPSA) is 208 Å². The van der Waals surface area contributed by atoms with E-state index < -0.39 is 66.4 Å². The number of aliphatic hydroxyl groups excluding tert-OH is 1. The Kier molecular flexibility index (Phi) is 14.7. The van der Waals surface area contributed by atoms with Crippen molar-refractivity contribution in [2.45, 2.75) is 56.5 Å². The van der Waals surface area contributed by atoms with Gasteiger partial charge in [-0.15, -0.1) is 0 Å². The van der Waals surface area contributed by atoms with Gasteiger partial charge in [0.2, 0.25) is 17.7 Å². The molecular weight excluding hydrogens is 464 g/mol. The summed E-state index contributed by atoms with van der Waals surface area (Å²) in [6, 6.07) is -5.10. The molecule has 0 aromatic carbocycles. The molecule has 0 saturated carbocycles. The van der Waals surface area contributed by atoms with Gasteiger partial charge in [0.05, 0.1) is 18.6 Å². The molecule has 184 valence electrons. The lowest BCUT2D eigenvalue weighted by Gasteiger charge is -2.25. The highest BCUT2D eigenvalue weighted by atomic mass is 32.2. The summed E-state index contributed by atoms with van der Waals surface area (Å²) in [7, 11) is 0. The van der Waals surface area contributed by atoms with Gasteiger partial charge in [-0.2, -0.15) is 23.5 Å². The van der Waals surface area contributed by atoms with Crippen LogP contribution in [0.5, 0.6) is 0 Å². The van der Waals surface area contributed by atoms with Crippen LogP contribution in [-0.2, 0) is 24.0 Å². The Morgan fingerprint density at radius 3 is 1.66 bits per heavy atom. The molecule has 0 spiro atoms. The standard InChI is InChI=1S/C18H32N4O8S2/c1-9(23)14(18(29)30)22-17(28)12(5-7-32-3)21-16(27)11(4-6-31-2)20-15(26)10(19)8-13(24)25/h9-12,14,23H,4-8,19H2,1-3H3,(H,20,26)(H,21,27)(H,22,28)(H,24,25)(H,29,30). The van der Waals surface area contributed by atoms with Crippen molar-refractivity contribution in [2.24, 2.45) is 5.73 Å². The Morgan fingerprint density at radius 1 is 0.844 bits per heavy atom. The van der Waals surface area contributed by atoms with Crippen molar-refractivity contribution in [1.29, 1.82) is 0 Å². The van der Waals surface area contributed by atoms with Crippen LogP contribution >= 0.6 is 23.5 Å². The lowest BCUT2D eigenvalue weighted by Crippen LogP contribution is -2.58. The van der Waals surface area contributed by atoms with Crippen LogP contribution in [0.1, 0.15) is 26.2 Å². The molecule has 8 N–H and O–H groups in total. The quantitative estimate of drug-likeness (QED) is 0.127. The van der Waals surface area contributed by atoms with Crippen LogP contribution in [0.3, 0.4) is 0 Å². The maximum atomic E-state index is 12.8. The molecule has 0 rings (SSSR count). The van der Waals surface area contributed by atoms with Crippen LogP contribution in [0.25, 0.3) is 0 Å². The lowest BCUT2D eigenvalue weighted by atomic mass is 10.1. The maximum absolute atomic E-state index is 12.8. The molecule has 14 heteroatoms. The van der Waals surface area contributed by atoms with Crippen molar-refractivity contribution in [3.8, 4) is 0 Å². The zero-order valence-corrected chi connectivity index (χ0v) is 19.8. The number of aliphatic carboxylic acids is 2. The number of nitrogens with two attached hydrogens (primary N) is 1. The molecule has 32 heavy (non-hydrogen) atoms. The molecule has 0 aliphatic heterocycles. The smallest absolute Gasteiger partial charge is 0.328 e. The van der Waals surface area contributed by atoms with Crippen LogP contribution < -0.4 is 21.7 Å². The van der Waals surface area contributed by atoms with E-state index in [-0.39, 0.29) is 12.8 Å². The molecule has 5 atom stereocenters. The first-order valence-corrected chi connectivity index (χ1v) is 12.5. The van der Waals surface area contributed by atoms with Crippen LogP contribution in [0, 0.1) is 0 Å². The summed E-state index contributed by atoms with van der Waals surface area (Å²) < 4.78 is 0. The van der Waals surface area contributed by atoms with Gasteiger partial charge in [0.1, 0.15) is 12.1 Å². The number of aliphatic hydroxyl groups is 1. The Bertz CT molecular complexity index is 665. The van der Waals surface area contributed by atoms with Gasteiger partial charge >= 0.3 is 11.9 Å². The predicted octanol–water partition coefficient (Wildman–Crippen LogP) is -1.79. The number of rotatable bonds is 16. The molecule has 0 aliphatic rings. The predicted molar refractivity (Wildman–Crippen MR) is 121 cm³/mol. The average molecular weight is 497 g/mol. The van der Waals surface area contributed by atoms with E-state index in [0.717, 1.165) is 0 Å². The monoisotopic (exact) mass is 496 g/mol. The molecule has 0 aromatic heterocycles. The van der Waals surface area contributed by atoms with Gasteiger partial charge in [0.25, 0.3) is 0 Å². The lowest BCUT2D eigenvalue weighted by molar-refractivity contribution is -0.145. The molecule has 0 fully saturated rings. The van der Waals surface area contributed by atoms with E-state index in [1.54, 1.807) is 12.5 Å². The number of carbonyl (C=O) groups excluding carboxylic acids is 3. The zero-order chi connectivity index (χ0) is 24.8. The molecular formula is C18H32N4O8S2. The first-order valence-electron chi connectivity index (χ1n) is 9.71. The summed E-state index contributed by atoms with van der Waals surface area (Å²) in [6.07, 6.45) is 1.98. The van der Waals surface area contributed by atoms with Gasteiger partial charge in [0, 0.05) is 0 Å². The van der Waals surface area contributed by atoms with E-state index in [4.69, 9.17) is 15.9 Å². The van der Waals surface area contributed by atoms with E-state index >= 15 is 0 Å². The fraction of sp³-hybridized carbons (Fsp3) is 0.722. The molecule has 0 aliphatic carbocycles. The molecule has 0 saturated heterocycles. The summed E-state index contributed by atoms with van der Waals surface area (Å²) in [4.78, 5) is 59.6. The average Bonchev–Trinajstić information content (AvgIpc) is 2.70. The van der Waals surface area contributed by atoms with Crippen molar-refractivity contribution in [1.82, 2.24) is 16.0 Å². The SMILES string of the molecule is CSCCC(NC(=O)C(N)CC(=O)O)C(=O)NC(CCSC)C(=O)NC(C(=O)O)C(C)O. The van der Waals surface area contributed by atoms with E-state index in [9.17, 15) is 29.1 Å². The molecule has 5 unspecified atom stereocenters. The summed E-state index contributed by atoms with van der Waals surface area (Å²) in [5.74, 6) is -4.05. The van der Waals surface area contributed by atoms with Crippen LogP contribution in [-0.4, -0.2) is 99.3 Å². The Hall–Kier alpha value is -2.03. The van der Waals surface area contributed by atoms with Gasteiger partial charge in [-0.1, -0.05) is 0 Å². The maximum Gasteiger partial charge on any atom is 0.328 e. The highest BCUT2D eigenvalue weighted by Crippen LogP contribution is 2.06. The van der Waals surface area contributed by atoms with E-state index in [2.05, 4.69) is 16.0 Å². The van der Waals surface area contributed by atoms with Crippen molar-refractivity contribution >= 4 is 53.2 Å². The van der Waals surface area contributed by atoms with Gasteiger partial charge in [-0.05, 0) is 43.8 Å². The molecule has 12 nitrogen and oxygen atoms in total. The summed E-state index contributed by atoms with van der Waals surface area (Å²) >= 11 is 2.82. The van der Waals surface area contributed by atoms with Crippen molar-refractivity contribution < 1.29 is 39.3 Å². The second-order valence-corrected chi connectivity index (χ2v) is 8.93.